The summed E-state index contributed by atoms with van der Waals surface area (Å²) in [6, 6.07) is 0. The van der Waals surface area contributed by atoms with Crippen LogP contribution in [0.25, 0.3) is 0 Å². The van der Waals surface area contributed by atoms with Gasteiger partial charge in [0.25, 0.3) is 0 Å². The van der Waals surface area contributed by atoms with Crippen LogP contribution in [0.5, 0.6) is 0 Å². The van der Waals surface area contributed by atoms with Crippen molar-refractivity contribution < 1.29 is 0 Å². The molecule has 3 heteroatoms. The maximum atomic E-state index is 5.79. The summed E-state index contributed by atoms with van der Waals surface area (Å²) >= 11 is 0. The van der Waals surface area contributed by atoms with Crippen LogP contribution in [0.4, 0.5) is 0 Å². The molecule has 0 rings (SSSR count). The molecule has 0 aliphatic rings. The van der Waals surface area contributed by atoms with Crippen molar-refractivity contribution in [1.82, 2.24) is 5.32 Å². The molecule has 11 heavy (non-hydrogen) atoms. The summed E-state index contributed by atoms with van der Waals surface area (Å²) in [6.45, 7) is 7.47. The Hall–Kier alpha value is -0.830. The minimum absolute atomic E-state index is 0.217. The molecular weight excluding hydrogens is 138 g/mol. The van der Waals surface area contributed by atoms with Crippen molar-refractivity contribution in [2.45, 2.75) is 25.8 Å². The predicted molar refractivity (Wildman–Crippen MR) is 49.6 cm³/mol. The van der Waals surface area contributed by atoms with E-state index in [0.29, 0.717) is 0 Å². The van der Waals surface area contributed by atoms with Gasteiger partial charge in [0.1, 0.15) is 5.84 Å². The fourth-order valence-electron chi connectivity index (χ4n) is 0.744. The molecular formula is C8H17N3. The molecule has 0 aliphatic heterocycles. The molecule has 0 fully saturated rings. The standard InChI is InChI=1S/C8H17N3/c1-5-11-7(10-4)6-8(2,3)9/h5H,1,6,9H2,2-4H3,(H,10,11). The van der Waals surface area contributed by atoms with E-state index in [9.17, 15) is 0 Å². The monoisotopic (exact) mass is 155 g/mol. The molecule has 0 spiro atoms. The minimum Gasteiger partial charge on any atom is -0.351 e. The lowest BCUT2D eigenvalue weighted by atomic mass is 10.0. The molecule has 3 nitrogen and oxygen atoms in total. The molecule has 64 valence electrons. The van der Waals surface area contributed by atoms with Crippen molar-refractivity contribution in [3.8, 4) is 0 Å². The number of nitrogens with one attached hydrogen (secondary N) is 1. The first kappa shape index (κ1) is 10.2. The van der Waals surface area contributed by atoms with Crippen molar-refractivity contribution in [2.75, 3.05) is 7.05 Å². The van der Waals surface area contributed by atoms with Gasteiger partial charge in [-0.1, -0.05) is 6.58 Å². The third kappa shape index (κ3) is 5.61. The fourth-order valence-corrected chi connectivity index (χ4v) is 0.744. The number of amidine groups is 1. The first-order valence-electron chi connectivity index (χ1n) is 3.61. The summed E-state index contributed by atoms with van der Waals surface area (Å²) in [5, 5.41) is 2.92. The zero-order chi connectivity index (χ0) is 8.91. The highest BCUT2D eigenvalue weighted by Crippen LogP contribution is 2.03. The maximum Gasteiger partial charge on any atom is 0.102 e. The molecule has 0 radical (unpaired) electrons. The SMILES string of the molecule is C=CNC(CC(C)(C)N)=NC. The van der Waals surface area contributed by atoms with Crippen LogP contribution >= 0.6 is 0 Å². The molecule has 0 heterocycles. The summed E-state index contributed by atoms with van der Waals surface area (Å²) in [4.78, 5) is 4.02. The molecule has 3 N–H and O–H groups in total. The second-order valence-electron chi connectivity index (χ2n) is 3.18. The van der Waals surface area contributed by atoms with Crippen molar-refractivity contribution in [1.29, 1.82) is 0 Å². The first-order valence-corrected chi connectivity index (χ1v) is 3.61. The summed E-state index contributed by atoms with van der Waals surface area (Å²) < 4.78 is 0. The molecule has 0 aromatic rings. The number of nitrogens with two attached hydrogens (primary N) is 1. The van der Waals surface area contributed by atoms with Crippen LogP contribution in [0.1, 0.15) is 20.3 Å². The Morgan fingerprint density at radius 2 is 2.27 bits per heavy atom. The molecule has 0 saturated carbocycles. The van der Waals surface area contributed by atoms with Gasteiger partial charge in [0.2, 0.25) is 0 Å². The van der Waals surface area contributed by atoms with Gasteiger partial charge < -0.3 is 11.1 Å². The topological polar surface area (TPSA) is 50.4 Å². The van der Waals surface area contributed by atoms with Crippen molar-refractivity contribution >= 4 is 5.84 Å². The predicted octanol–water partition coefficient (Wildman–Crippen LogP) is 0.875. The van der Waals surface area contributed by atoms with Gasteiger partial charge in [-0.3, -0.25) is 4.99 Å². The second-order valence-corrected chi connectivity index (χ2v) is 3.18. The first-order chi connectivity index (χ1) is 4.99. The Morgan fingerprint density at radius 3 is 2.55 bits per heavy atom. The van der Waals surface area contributed by atoms with E-state index in [1.165, 1.54) is 0 Å². The van der Waals surface area contributed by atoms with Gasteiger partial charge in [-0.05, 0) is 20.0 Å². The summed E-state index contributed by atoms with van der Waals surface area (Å²) in [7, 11) is 1.73. The minimum atomic E-state index is -0.217. The highest BCUT2D eigenvalue weighted by atomic mass is 15.0. The molecule has 0 saturated heterocycles. The number of nitrogens with zero attached hydrogens (tertiary/aromatic N) is 1. The molecule has 0 aliphatic carbocycles. The lowest BCUT2D eigenvalue weighted by Crippen LogP contribution is -2.37. The van der Waals surface area contributed by atoms with Gasteiger partial charge in [-0.15, -0.1) is 0 Å². The zero-order valence-electron chi connectivity index (χ0n) is 7.52. The number of rotatable bonds is 3. The van der Waals surface area contributed by atoms with Crippen LogP contribution in [-0.4, -0.2) is 18.4 Å². The summed E-state index contributed by atoms with van der Waals surface area (Å²) in [6.07, 6.45) is 2.34. The Balaban J connectivity index is 4.00. The van der Waals surface area contributed by atoms with Crippen LogP contribution in [0.15, 0.2) is 17.8 Å². The highest BCUT2D eigenvalue weighted by molar-refractivity contribution is 5.83. The maximum absolute atomic E-state index is 5.79. The van der Waals surface area contributed by atoms with Crippen LogP contribution in [0.2, 0.25) is 0 Å². The van der Waals surface area contributed by atoms with Crippen LogP contribution in [-0.2, 0) is 0 Å². The average molecular weight is 155 g/mol. The van der Waals surface area contributed by atoms with Gasteiger partial charge in [0.05, 0.1) is 0 Å². The average Bonchev–Trinajstić information content (AvgIpc) is 1.84. The number of hydrogen-bond acceptors (Lipinski definition) is 2. The van der Waals surface area contributed by atoms with Crippen LogP contribution in [0, 0.1) is 0 Å². The molecule has 0 aromatic heterocycles. The van der Waals surface area contributed by atoms with Gasteiger partial charge in [0, 0.05) is 19.0 Å². The molecule has 0 aromatic carbocycles. The van der Waals surface area contributed by atoms with Gasteiger partial charge in [-0.25, -0.2) is 0 Å². The lowest BCUT2D eigenvalue weighted by molar-refractivity contribution is 0.537. The Morgan fingerprint density at radius 1 is 1.73 bits per heavy atom. The molecule has 0 atom stereocenters. The third-order valence-electron chi connectivity index (χ3n) is 1.16. The zero-order valence-corrected chi connectivity index (χ0v) is 7.52. The van der Waals surface area contributed by atoms with Gasteiger partial charge in [-0.2, -0.15) is 0 Å². The van der Waals surface area contributed by atoms with E-state index >= 15 is 0 Å². The van der Waals surface area contributed by atoms with Crippen molar-refractivity contribution in [3.05, 3.63) is 12.8 Å². The molecule has 0 amide bonds. The van der Waals surface area contributed by atoms with E-state index in [1.54, 1.807) is 13.2 Å². The molecule has 0 bridgehead atoms. The van der Waals surface area contributed by atoms with E-state index in [0.717, 1.165) is 12.3 Å². The Bertz CT molecular complexity index is 153. The smallest absolute Gasteiger partial charge is 0.102 e. The Kier molecular flexibility index (Phi) is 3.82. The van der Waals surface area contributed by atoms with Crippen molar-refractivity contribution in [2.24, 2.45) is 10.7 Å². The quantitative estimate of drug-likeness (QED) is 0.469. The fraction of sp³-hybridized carbons (Fsp3) is 0.625. The number of aliphatic imine (C=N–C) groups is 1. The summed E-state index contributed by atoms with van der Waals surface area (Å²) in [5.74, 6) is 0.868. The number of hydrogen-bond donors (Lipinski definition) is 2. The largest absolute Gasteiger partial charge is 0.351 e. The third-order valence-corrected chi connectivity index (χ3v) is 1.16. The lowest BCUT2D eigenvalue weighted by Gasteiger charge is -2.18. The van der Waals surface area contributed by atoms with E-state index in [1.807, 2.05) is 13.8 Å². The van der Waals surface area contributed by atoms with Crippen LogP contribution < -0.4 is 11.1 Å². The molecule has 0 unspecified atom stereocenters. The van der Waals surface area contributed by atoms with E-state index in [2.05, 4.69) is 16.9 Å². The second kappa shape index (κ2) is 4.13. The summed E-state index contributed by atoms with van der Waals surface area (Å²) in [5.41, 5.74) is 5.57. The normalized spacial score (nSPS) is 12.9. The van der Waals surface area contributed by atoms with E-state index in [-0.39, 0.29) is 5.54 Å². The van der Waals surface area contributed by atoms with Gasteiger partial charge in [0.15, 0.2) is 0 Å². The van der Waals surface area contributed by atoms with Gasteiger partial charge >= 0.3 is 0 Å². The van der Waals surface area contributed by atoms with E-state index in [4.69, 9.17) is 5.73 Å². The highest BCUT2D eigenvalue weighted by Gasteiger charge is 2.13. The van der Waals surface area contributed by atoms with E-state index < -0.39 is 0 Å². The van der Waals surface area contributed by atoms with Crippen LogP contribution in [0.3, 0.4) is 0 Å². The van der Waals surface area contributed by atoms with Crippen molar-refractivity contribution in [3.63, 3.8) is 0 Å². The Labute approximate surface area is 68.4 Å².